The average molecular weight is 195 g/mol. The summed E-state index contributed by atoms with van der Waals surface area (Å²) in [7, 11) is 1.34. The largest absolute Gasteiger partial charge is 0.464 e. The molecule has 0 saturated heterocycles. The SMILES string of the molecule is COC(=O)c1cn(C2CCCC2)nn1. The van der Waals surface area contributed by atoms with Crippen LogP contribution in [-0.4, -0.2) is 28.1 Å². The lowest BCUT2D eigenvalue weighted by Gasteiger charge is -2.06. The number of methoxy groups -OCH3 is 1. The summed E-state index contributed by atoms with van der Waals surface area (Å²) in [6, 6.07) is 0.418. The van der Waals surface area contributed by atoms with E-state index in [2.05, 4.69) is 15.0 Å². The number of carbonyl (C=O) groups excluding carboxylic acids is 1. The standard InChI is InChI=1S/C9H13N3O2/c1-14-9(13)8-6-12(11-10-8)7-4-2-3-5-7/h6-7H,2-5H2,1H3. The van der Waals surface area contributed by atoms with E-state index in [-0.39, 0.29) is 0 Å². The van der Waals surface area contributed by atoms with Crippen molar-refractivity contribution in [3.05, 3.63) is 11.9 Å². The molecule has 2 rings (SSSR count). The van der Waals surface area contributed by atoms with Gasteiger partial charge in [-0.05, 0) is 12.8 Å². The monoisotopic (exact) mass is 195 g/mol. The number of hydrogen-bond acceptors (Lipinski definition) is 4. The van der Waals surface area contributed by atoms with Gasteiger partial charge in [0.2, 0.25) is 0 Å². The van der Waals surface area contributed by atoms with E-state index in [1.165, 1.54) is 20.0 Å². The van der Waals surface area contributed by atoms with Crippen LogP contribution in [-0.2, 0) is 4.74 Å². The zero-order valence-corrected chi connectivity index (χ0v) is 8.14. The third-order valence-corrected chi connectivity index (χ3v) is 2.60. The van der Waals surface area contributed by atoms with Gasteiger partial charge < -0.3 is 4.74 Å². The van der Waals surface area contributed by atoms with Gasteiger partial charge in [-0.25, -0.2) is 9.48 Å². The van der Waals surface area contributed by atoms with Gasteiger partial charge in [0.25, 0.3) is 0 Å². The van der Waals surface area contributed by atoms with Crippen LogP contribution in [0.2, 0.25) is 0 Å². The maximum atomic E-state index is 11.1. The Labute approximate surface area is 82.1 Å². The van der Waals surface area contributed by atoms with Crippen molar-refractivity contribution in [2.24, 2.45) is 0 Å². The molecule has 1 saturated carbocycles. The Morgan fingerprint density at radius 2 is 2.29 bits per heavy atom. The molecule has 5 heteroatoms. The highest BCUT2D eigenvalue weighted by Gasteiger charge is 2.20. The predicted octanol–water partition coefficient (Wildman–Crippen LogP) is 1.18. The molecule has 14 heavy (non-hydrogen) atoms. The lowest BCUT2D eigenvalue weighted by molar-refractivity contribution is 0.0594. The number of ether oxygens (including phenoxy) is 1. The van der Waals surface area contributed by atoms with Crippen LogP contribution in [0.4, 0.5) is 0 Å². The van der Waals surface area contributed by atoms with Gasteiger partial charge in [0.05, 0.1) is 19.3 Å². The second kappa shape index (κ2) is 3.77. The molecule has 0 bridgehead atoms. The molecule has 0 aliphatic heterocycles. The molecule has 5 nitrogen and oxygen atoms in total. The van der Waals surface area contributed by atoms with Crippen molar-refractivity contribution >= 4 is 5.97 Å². The number of nitrogens with zero attached hydrogens (tertiary/aromatic N) is 3. The molecule has 1 aromatic heterocycles. The molecule has 1 aliphatic carbocycles. The molecular weight excluding hydrogens is 182 g/mol. The molecule has 0 atom stereocenters. The summed E-state index contributed by atoms with van der Waals surface area (Å²) >= 11 is 0. The normalized spacial score (nSPS) is 17.2. The Kier molecular flexibility index (Phi) is 2.47. The summed E-state index contributed by atoms with van der Waals surface area (Å²) in [5.41, 5.74) is 0.291. The van der Waals surface area contributed by atoms with E-state index >= 15 is 0 Å². The zero-order chi connectivity index (χ0) is 9.97. The molecule has 1 heterocycles. The van der Waals surface area contributed by atoms with Crippen LogP contribution >= 0.6 is 0 Å². The van der Waals surface area contributed by atoms with Crippen molar-refractivity contribution in [3.8, 4) is 0 Å². The molecule has 0 amide bonds. The Morgan fingerprint density at radius 1 is 1.57 bits per heavy atom. The van der Waals surface area contributed by atoms with Crippen molar-refractivity contribution in [2.75, 3.05) is 7.11 Å². The van der Waals surface area contributed by atoms with Gasteiger partial charge in [-0.15, -0.1) is 5.10 Å². The summed E-state index contributed by atoms with van der Waals surface area (Å²) in [5.74, 6) is -0.422. The Hall–Kier alpha value is -1.39. The van der Waals surface area contributed by atoms with Crippen LogP contribution in [0.1, 0.15) is 42.2 Å². The Morgan fingerprint density at radius 3 is 2.93 bits per heavy atom. The van der Waals surface area contributed by atoms with Crippen LogP contribution < -0.4 is 0 Å². The first-order valence-corrected chi connectivity index (χ1v) is 4.81. The van der Waals surface area contributed by atoms with Crippen molar-refractivity contribution < 1.29 is 9.53 Å². The number of esters is 1. The Balaban J connectivity index is 2.12. The van der Waals surface area contributed by atoms with E-state index in [0.717, 1.165) is 12.8 Å². The topological polar surface area (TPSA) is 57.0 Å². The van der Waals surface area contributed by atoms with E-state index in [0.29, 0.717) is 11.7 Å². The molecular formula is C9H13N3O2. The van der Waals surface area contributed by atoms with Gasteiger partial charge in [-0.3, -0.25) is 0 Å². The molecule has 0 radical (unpaired) electrons. The zero-order valence-electron chi connectivity index (χ0n) is 8.14. The summed E-state index contributed by atoms with van der Waals surface area (Å²) in [6.45, 7) is 0. The maximum absolute atomic E-state index is 11.1. The first kappa shape index (κ1) is 9.18. The number of carbonyl (C=O) groups is 1. The van der Waals surface area contributed by atoms with E-state index in [1.807, 2.05) is 0 Å². The van der Waals surface area contributed by atoms with Crippen molar-refractivity contribution in [1.29, 1.82) is 0 Å². The summed E-state index contributed by atoms with van der Waals surface area (Å²) in [5, 5.41) is 7.70. The Bertz CT molecular complexity index is 329. The minimum Gasteiger partial charge on any atom is -0.464 e. The van der Waals surface area contributed by atoms with E-state index < -0.39 is 5.97 Å². The van der Waals surface area contributed by atoms with Gasteiger partial charge in [-0.1, -0.05) is 18.1 Å². The van der Waals surface area contributed by atoms with Crippen LogP contribution in [0, 0.1) is 0 Å². The molecule has 0 aromatic carbocycles. The third-order valence-electron chi connectivity index (χ3n) is 2.60. The van der Waals surface area contributed by atoms with E-state index in [9.17, 15) is 4.79 Å². The van der Waals surface area contributed by atoms with Crippen LogP contribution in [0.15, 0.2) is 6.20 Å². The molecule has 0 N–H and O–H groups in total. The minimum absolute atomic E-state index is 0.291. The smallest absolute Gasteiger partial charge is 0.360 e. The van der Waals surface area contributed by atoms with Gasteiger partial charge >= 0.3 is 5.97 Å². The average Bonchev–Trinajstić information content (AvgIpc) is 2.86. The maximum Gasteiger partial charge on any atom is 0.360 e. The van der Waals surface area contributed by atoms with Gasteiger partial charge in [0.15, 0.2) is 5.69 Å². The molecule has 1 fully saturated rings. The van der Waals surface area contributed by atoms with Gasteiger partial charge in [-0.2, -0.15) is 0 Å². The molecule has 0 spiro atoms. The summed E-state index contributed by atoms with van der Waals surface area (Å²) < 4.78 is 6.33. The highest BCUT2D eigenvalue weighted by atomic mass is 16.5. The van der Waals surface area contributed by atoms with Crippen LogP contribution in [0.3, 0.4) is 0 Å². The first-order valence-electron chi connectivity index (χ1n) is 4.81. The first-order chi connectivity index (χ1) is 6.81. The van der Waals surface area contributed by atoms with Crippen molar-refractivity contribution in [1.82, 2.24) is 15.0 Å². The minimum atomic E-state index is -0.422. The van der Waals surface area contributed by atoms with E-state index in [4.69, 9.17) is 0 Å². The lowest BCUT2D eigenvalue weighted by Crippen LogP contribution is -2.05. The second-order valence-electron chi connectivity index (χ2n) is 3.51. The summed E-state index contributed by atoms with van der Waals surface area (Å²) in [6.07, 6.45) is 6.39. The van der Waals surface area contributed by atoms with Gasteiger partial charge in [0, 0.05) is 0 Å². The fraction of sp³-hybridized carbons (Fsp3) is 0.667. The van der Waals surface area contributed by atoms with Crippen LogP contribution in [0.5, 0.6) is 0 Å². The molecule has 0 unspecified atom stereocenters. The van der Waals surface area contributed by atoms with Crippen molar-refractivity contribution in [3.63, 3.8) is 0 Å². The molecule has 1 aliphatic rings. The molecule has 76 valence electrons. The highest BCUT2D eigenvalue weighted by Crippen LogP contribution is 2.28. The predicted molar refractivity (Wildman–Crippen MR) is 48.9 cm³/mol. The summed E-state index contributed by atoms with van der Waals surface area (Å²) in [4.78, 5) is 11.1. The lowest BCUT2D eigenvalue weighted by atomic mass is 10.2. The van der Waals surface area contributed by atoms with Crippen molar-refractivity contribution in [2.45, 2.75) is 31.7 Å². The number of rotatable bonds is 2. The van der Waals surface area contributed by atoms with Gasteiger partial charge in [0.1, 0.15) is 0 Å². The number of aromatic nitrogens is 3. The van der Waals surface area contributed by atoms with Crippen LogP contribution in [0.25, 0.3) is 0 Å². The quantitative estimate of drug-likeness (QED) is 0.665. The van der Waals surface area contributed by atoms with E-state index in [1.54, 1.807) is 10.9 Å². The highest BCUT2D eigenvalue weighted by molar-refractivity contribution is 5.86. The molecule has 1 aromatic rings. The number of hydrogen-bond donors (Lipinski definition) is 0. The fourth-order valence-corrected chi connectivity index (χ4v) is 1.82. The fourth-order valence-electron chi connectivity index (χ4n) is 1.82. The second-order valence-corrected chi connectivity index (χ2v) is 3.51. The third kappa shape index (κ3) is 1.62.